The molecule has 0 aromatic carbocycles. The van der Waals surface area contributed by atoms with Crippen molar-refractivity contribution in [3.8, 4) is 0 Å². The Morgan fingerprint density at radius 3 is 1.38 bits per heavy atom. The summed E-state index contributed by atoms with van der Waals surface area (Å²) in [6.45, 7) is 8.79. The molecular formula is C21H29N5O8. The number of ether oxygens (including phenoxy) is 2. The van der Waals surface area contributed by atoms with Gasteiger partial charge in [0, 0.05) is 11.1 Å². The van der Waals surface area contributed by atoms with E-state index in [2.05, 4.69) is 15.6 Å². The van der Waals surface area contributed by atoms with Crippen molar-refractivity contribution < 1.29 is 38.2 Å². The predicted octanol–water partition coefficient (Wildman–Crippen LogP) is 0.644. The van der Waals surface area contributed by atoms with Gasteiger partial charge in [-0.1, -0.05) is 6.07 Å². The lowest BCUT2D eigenvalue weighted by Crippen LogP contribution is -2.49. The molecule has 13 nitrogen and oxygen atoms in total. The van der Waals surface area contributed by atoms with Crippen molar-refractivity contribution in [1.82, 2.24) is 26.3 Å². The van der Waals surface area contributed by atoms with Crippen molar-refractivity contribution in [3.63, 3.8) is 0 Å². The van der Waals surface area contributed by atoms with Gasteiger partial charge in [-0.25, -0.2) is 24.2 Å². The minimum Gasteiger partial charge on any atom is -0.451 e. The molecule has 186 valence electrons. The largest absolute Gasteiger partial charge is 0.451 e. The van der Waals surface area contributed by atoms with E-state index in [0.717, 1.165) is 0 Å². The highest BCUT2D eigenvalue weighted by atomic mass is 16.5. The SMILES string of the molecule is CC(C)(C)NC(=O)NC(=O)COC(=O)c1cccc(C(=O)OCC(=O)NC(=O)NC(C)(C)C)n1. The van der Waals surface area contributed by atoms with E-state index in [4.69, 9.17) is 9.47 Å². The normalized spacial score (nSPS) is 11.0. The third-order valence-corrected chi connectivity index (χ3v) is 3.32. The molecule has 0 spiro atoms. The highest BCUT2D eigenvalue weighted by Crippen LogP contribution is 2.04. The van der Waals surface area contributed by atoms with E-state index in [1.807, 2.05) is 10.6 Å². The van der Waals surface area contributed by atoms with E-state index in [1.54, 1.807) is 41.5 Å². The lowest BCUT2D eigenvalue weighted by molar-refractivity contribution is -0.123. The van der Waals surface area contributed by atoms with Crippen molar-refractivity contribution in [1.29, 1.82) is 0 Å². The number of esters is 2. The maximum atomic E-state index is 12.1. The lowest BCUT2D eigenvalue weighted by atomic mass is 10.1. The van der Waals surface area contributed by atoms with Gasteiger partial charge in [0.1, 0.15) is 11.4 Å². The molecule has 4 N–H and O–H groups in total. The molecule has 0 aliphatic rings. The summed E-state index contributed by atoms with van der Waals surface area (Å²) >= 11 is 0. The molecule has 6 amide bonds. The zero-order chi connectivity index (χ0) is 26.1. The number of aromatic nitrogens is 1. The number of imide groups is 2. The Hall–Kier alpha value is -4.03. The monoisotopic (exact) mass is 479 g/mol. The van der Waals surface area contributed by atoms with Crippen LogP contribution in [-0.2, 0) is 19.1 Å². The number of rotatable bonds is 6. The number of amides is 6. The highest BCUT2D eigenvalue weighted by Gasteiger charge is 2.20. The summed E-state index contributed by atoms with van der Waals surface area (Å²) in [6, 6.07) is 2.26. The number of carbonyl (C=O) groups is 6. The third-order valence-electron chi connectivity index (χ3n) is 3.32. The van der Waals surface area contributed by atoms with Crippen LogP contribution >= 0.6 is 0 Å². The minimum atomic E-state index is -1.03. The molecule has 0 aliphatic heterocycles. The summed E-state index contributed by atoms with van der Waals surface area (Å²) in [5.41, 5.74) is -1.76. The second kappa shape index (κ2) is 11.7. The fraction of sp³-hybridized carbons (Fsp3) is 0.476. The smallest absolute Gasteiger partial charge is 0.357 e. The van der Waals surface area contributed by atoms with Crippen LogP contribution in [0.1, 0.15) is 62.5 Å². The molecule has 0 radical (unpaired) electrons. The average Bonchev–Trinajstić information content (AvgIpc) is 2.67. The van der Waals surface area contributed by atoms with Gasteiger partial charge in [0.05, 0.1) is 0 Å². The predicted molar refractivity (Wildman–Crippen MR) is 118 cm³/mol. The van der Waals surface area contributed by atoms with Crippen LogP contribution in [0, 0.1) is 0 Å². The van der Waals surface area contributed by atoms with Crippen LogP contribution in [0.5, 0.6) is 0 Å². The molecule has 1 aromatic heterocycles. The van der Waals surface area contributed by atoms with E-state index in [9.17, 15) is 28.8 Å². The van der Waals surface area contributed by atoms with Crippen LogP contribution in [0.4, 0.5) is 9.59 Å². The van der Waals surface area contributed by atoms with Crippen LogP contribution in [0.15, 0.2) is 18.2 Å². The van der Waals surface area contributed by atoms with E-state index in [1.165, 1.54) is 18.2 Å². The fourth-order valence-corrected chi connectivity index (χ4v) is 2.14. The summed E-state index contributed by atoms with van der Waals surface area (Å²) in [5, 5.41) is 9.00. The first kappa shape index (κ1) is 28.0. The van der Waals surface area contributed by atoms with E-state index in [0.29, 0.717) is 0 Å². The molecule has 0 bridgehead atoms. The molecule has 1 rings (SSSR count). The molecule has 0 atom stereocenters. The highest BCUT2D eigenvalue weighted by molar-refractivity contribution is 5.98. The van der Waals surface area contributed by atoms with Gasteiger partial charge < -0.3 is 20.1 Å². The van der Waals surface area contributed by atoms with Crippen LogP contribution in [-0.4, -0.2) is 65.1 Å². The Morgan fingerprint density at radius 1 is 0.706 bits per heavy atom. The maximum absolute atomic E-state index is 12.1. The molecule has 0 fully saturated rings. The van der Waals surface area contributed by atoms with Gasteiger partial charge in [0.25, 0.3) is 11.8 Å². The summed E-state index contributed by atoms with van der Waals surface area (Å²) in [7, 11) is 0. The molecule has 1 aromatic rings. The number of hydrogen-bond donors (Lipinski definition) is 4. The topological polar surface area (TPSA) is 182 Å². The van der Waals surface area contributed by atoms with Gasteiger partial charge in [0.15, 0.2) is 13.2 Å². The minimum absolute atomic E-state index is 0.310. The van der Waals surface area contributed by atoms with Crippen LogP contribution in [0.2, 0.25) is 0 Å². The van der Waals surface area contributed by atoms with Gasteiger partial charge >= 0.3 is 24.0 Å². The van der Waals surface area contributed by atoms with E-state index >= 15 is 0 Å². The number of pyridine rings is 1. The zero-order valence-electron chi connectivity index (χ0n) is 19.9. The summed E-state index contributed by atoms with van der Waals surface area (Å²) in [4.78, 5) is 74.8. The lowest BCUT2D eigenvalue weighted by Gasteiger charge is -2.20. The average molecular weight is 479 g/mol. The summed E-state index contributed by atoms with van der Waals surface area (Å²) in [5.74, 6) is -3.80. The number of urea groups is 2. The molecule has 13 heteroatoms. The number of nitrogens with zero attached hydrogens (tertiary/aromatic N) is 1. The molecule has 1 heterocycles. The molecule has 0 saturated carbocycles. The number of carbonyl (C=O) groups excluding carboxylic acids is 6. The van der Waals surface area contributed by atoms with Gasteiger partial charge in [-0.15, -0.1) is 0 Å². The van der Waals surface area contributed by atoms with Crippen LogP contribution < -0.4 is 21.3 Å². The number of hydrogen-bond acceptors (Lipinski definition) is 9. The molecular weight excluding hydrogens is 450 g/mol. The molecule has 0 aliphatic carbocycles. The van der Waals surface area contributed by atoms with Crippen molar-refractivity contribution in [2.45, 2.75) is 52.6 Å². The Kier molecular flexibility index (Phi) is 9.65. The first-order valence-electron chi connectivity index (χ1n) is 10.1. The first-order valence-corrected chi connectivity index (χ1v) is 10.1. The second-order valence-corrected chi connectivity index (χ2v) is 9.06. The van der Waals surface area contributed by atoms with Crippen molar-refractivity contribution in [3.05, 3.63) is 29.6 Å². The molecule has 0 saturated heterocycles. The van der Waals surface area contributed by atoms with Crippen LogP contribution in [0.3, 0.4) is 0 Å². The summed E-state index contributed by atoms with van der Waals surface area (Å²) in [6.07, 6.45) is 0. The molecule has 34 heavy (non-hydrogen) atoms. The maximum Gasteiger partial charge on any atom is 0.357 e. The van der Waals surface area contributed by atoms with Gasteiger partial charge in [0.2, 0.25) is 0 Å². The van der Waals surface area contributed by atoms with Crippen molar-refractivity contribution >= 4 is 35.8 Å². The zero-order valence-corrected chi connectivity index (χ0v) is 19.9. The Bertz CT molecular complexity index is 889. The van der Waals surface area contributed by atoms with Gasteiger partial charge in [-0.2, -0.15) is 0 Å². The van der Waals surface area contributed by atoms with Gasteiger partial charge in [-0.3, -0.25) is 20.2 Å². The summed E-state index contributed by atoms with van der Waals surface area (Å²) < 4.78 is 9.57. The van der Waals surface area contributed by atoms with Crippen molar-refractivity contribution in [2.24, 2.45) is 0 Å². The Labute approximate surface area is 196 Å². The first-order chi connectivity index (χ1) is 15.6. The van der Waals surface area contributed by atoms with Crippen molar-refractivity contribution in [2.75, 3.05) is 13.2 Å². The van der Waals surface area contributed by atoms with E-state index < -0.39 is 60.1 Å². The number of nitrogens with one attached hydrogen (secondary N) is 4. The quantitative estimate of drug-likeness (QED) is 0.426. The second-order valence-electron chi connectivity index (χ2n) is 9.06. The van der Waals surface area contributed by atoms with Crippen LogP contribution in [0.25, 0.3) is 0 Å². The van der Waals surface area contributed by atoms with Gasteiger partial charge in [-0.05, 0) is 53.7 Å². The Balaban J connectivity index is 2.57. The standard InChI is InChI=1S/C21H29N5O8/c1-20(2,3)25-18(31)23-14(27)10-33-16(29)12-8-7-9-13(22-12)17(30)34-11-15(28)24-19(32)26-21(4,5)6/h7-9H,10-11H2,1-6H3,(H2,23,25,27,31)(H2,24,26,28,32). The fourth-order valence-electron chi connectivity index (χ4n) is 2.14. The van der Waals surface area contributed by atoms with E-state index in [-0.39, 0.29) is 11.4 Å². The Morgan fingerprint density at radius 2 is 1.06 bits per heavy atom. The molecule has 0 unspecified atom stereocenters. The third kappa shape index (κ3) is 11.5.